The lowest BCUT2D eigenvalue weighted by Crippen LogP contribution is -2.48. The minimum atomic E-state index is -3.16. The van der Waals surface area contributed by atoms with Crippen molar-refractivity contribution in [3.63, 3.8) is 0 Å². The van der Waals surface area contributed by atoms with Crippen molar-refractivity contribution in [2.24, 2.45) is 0 Å². The van der Waals surface area contributed by atoms with Gasteiger partial charge in [0.05, 0.1) is 24.4 Å². The smallest absolute Gasteiger partial charge is 0.323 e. The molecule has 0 spiro atoms. The van der Waals surface area contributed by atoms with Gasteiger partial charge in [-0.3, -0.25) is 0 Å². The summed E-state index contributed by atoms with van der Waals surface area (Å²) < 4.78 is 30.4. The molecule has 1 aromatic heterocycles. The minimum absolute atomic E-state index is 0.350. The van der Waals surface area contributed by atoms with Crippen LogP contribution in [0.15, 0.2) is 59.6 Å². The quantitative estimate of drug-likeness (QED) is 0.403. The number of hydrogen-bond acceptors (Lipinski definition) is 9. The zero-order valence-corrected chi connectivity index (χ0v) is 24.2. The Balaban J connectivity index is 1.17. The van der Waals surface area contributed by atoms with Crippen LogP contribution in [0.2, 0.25) is 0 Å². The maximum Gasteiger partial charge on any atom is 0.323 e. The third kappa shape index (κ3) is 6.84. The number of thioether (sulfide) groups is 1. The summed E-state index contributed by atoms with van der Waals surface area (Å²) in [5, 5.41) is 5.71. The summed E-state index contributed by atoms with van der Waals surface area (Å²) in [5.74, 6) is 1.55. The lowest BCUT2D eigenvalue weighted by molar-refractivity contribution is 0.122. The molecule has 212 valence electrons. The molecule has 0 bridgehead atoms. The zero-order valence-electron chi connectivity index (χ0n) is 22.5. The summed E-state index contributed by atoms with van der Waals surface area (Å²) in [6.07, 6.45) is 5.12. The zero-order chi connectivity index (χ0) is 28.1. The average molecular weight is 584 g/mol. The van der Waals surface area contributed by atoms with Crippen molar-refractivity contribution >= 4 is 50.7 Å². The SMILES string of the molecule is CSc1cnc(-c2ccc(NC(=O)Nc3ccc(N4CCN(S(C)(=O)=O)CC4)cc3)cc2)nc1N1CCOCC1. The molecule has 2 amide bonds. The van der Waals surface area contributed by atoms with Crippen molar-refractivity contribution in [2.75, 3.05) is 85.4 Å². The molecule has 2 saturated heterocycles. The number of ether oxygens (including phenoxy) is 1. The summed E-state index contributed by atoms with van der Waals surface area (Å²) in [5.41, 5.74) is 3.15. The normalized spacial score (nSPS) is 16.6. The van der Waals surface area contributed by atoms with Gasteiger partial charge in [0, 0.05) is 68.1 Å². The predicted molar refractivity (Wildman–Crippen MR) is 160 cm³/mol. The lowest BCUT2D eigenvalue weighted by Gasteiger charge is -2.34. The molecule has 3 heterocycles. The van der Waals surface area contributed by atoms with Gasteiger partial charge in [-0.05, 0) is 54.8 Å². The van der Waals surface area contributed by atoms with E-state index in [1.54, 1.807) is 11.8 Å². The number of carbonyl (C=O) groups is 1. The molecule has 2 fully saturated rings. The Morgan fingerprint density at radius 3 is 2.05 bits per heavy atom. The van der Waals surface area contributed by atoms with Crippen molar-refractivity contribution < 1.29 is 17.9 Å². The van der Waals surface area contributed by atoms with Crippen LogP contribution in [0.25, 0.3) is 11.4 Å². The van der Waals surface area contributed by atoms with Crippen LogP contribution in [0.3, 0.4) is 0 Å². The summed E-state index contributed by atoms with van der Waals surface area (Å²) in [6, 6.07) is 14.6. The van der Waals surface area contributed by atoms with E-state index in [1.165, 1.54) is 10.6 Å². The minimum Gasteiger partial charge on any atom is -0.378 e. The van der Waals surface area contributed by atoms with Gasteiger partial charge >= 0.3 is 6.03 Å². The van der Waals surface area contributed by atoms with Crippen molar-refractivity contribution in [3.05, 3.63) is 54.7 Å². The van der Waals surface area contributed by atoms with Crippen LogP contribution in [-0.2, 0) is 14.8 Å². The van der Waals surface area contributed by atoms with E-state index in [4.69, 9.17) is 9.72 Å². The molecule has 0 aliphatic carbocycles. The molecule has 0 atom stereocenters. The number of sulfonamides is 1. The summed E-state index contributed by atoms with van der Waals surface area (Å²) in [4.78, 5) is 27.4. The molecule has 40 heavy (non-hydrogen) atoms. The molecular weight excluding hydrogens is 550 g/mol. The molecule has 3 aromatic rings. The third-order valence-corrected chi connectivity index (χ3v) is 8.90. The number of morpholine rings is 1. The van der Waals surface area contributed by atoms with Crippen molar-refractivity contribution in [1.29, 1.82) is 0 Å². The van der Waals surface area contributed by atoms with E-state index in [0.29, 0.717) is 56.6 Å². The standard InChI is InChI=1S/C27H33N7O4S2/c1-39-24-19-28-25(31-26(24)33-15-17-38-18-16-33)20-3-5-21(6-4-20)29-27(35)30-22-7-9-23(10-8-22)32-11-13-34(14-12-32)40(2,36)37/h3-10,19H,11-18H2,1-2H3,(H2,29,30,35). The Bertz CT molecular complexity index is 1420. The molecule has 2 N–H and O–H groups in total. The van der Waals surface area contributed by atoms with Gasteiger partial charge in [-0.1, -0.05) is 0 Å². The van der Waals surface area contributed by atoms with Crippen LogP contribution < -0.4 is 20.4 Å². The number of anilines is 4. The van der Waals surface area contributed by atoms with Crippen LogP contribution in [0.1, 0.15) is 0 Å². The molecule has 5 rings (SSSR count). The highest BCUT2D eigenvalue weighted by atomic mass is 32.2. The number of nitrogens with zero attached hydrogens (tertiary/aromatic N) is 5. The molecule has 0 radical (unpaired) electrons. The first-order valence-corrected chi connectivity index (χ1v) is 16.1. The van der Waals surface area contributed by atoms with Gasteiger partial charge in [-0.15, -0.1) is 11.8 Å². The Labute approximate surface area is 239 Å². The molecule has 11 nitrogen and oxygen atoms in total. The number of hydrogen-bond donors (Lipinski definition) is 2. The topological polar surface area (TPSA) is 120 Å². The van der Waals surface area contributed by atoms with E-state index in [-0.39, 0.29) is 6.03 Å². The Morgan fingerprint density at radius 2 is 1.48 bits per heavy atom. The molecule has 0 saturated carbocycles. The number of urea groups is 1. The Hall–Kier alpha value is -3.39. The van der Waals surface area contributed by atoms with Crippen molar-refractivity contribution in [1.82, 2.24) is 14.3 Å². The van der Waals surface area contributed by atoms with E-state index in [2.05, 4.69) is 25.4 Å². The number of rotatable bonds is 7. The Kier molecular flexibility index (Phi) is 8.74. The number of nitrogens with one attached hydrogen (secondary N) is 2. The largest absolute Gasteiger partial charge is 0.378 e. The second kappa shape index (κ2) is 12.4. The highest BCUT2D eigenvalue weighted by Crippen LogP contribution is 2.29. The van der Waals surface area contributed by atoms with Gasteiger partial charge < -0.3 is 25.2 Å². The first-order chi connectivity index (χ1) is 19.3. The molecule has 13 heteroatoms. The molecule has 2 aromatic carbocycles. The number of aromatic nitrogens is 2. The molecule has 0 unspecified atom stereocenters. The van der Waals surface area contributed by atoms with Crippen LogP contribution in [0.4, 0.5) is 27.7 Å². The van der Waals surface area contributed by atoms with Crippen LogP contribution in [0, 0.1) is 0 Å². The number of amides is 2. The maximum atomic E-state index is 12.6. The molecular formula is C27H33N7O4S2. The van der Waals surface area contributed by atoms with E-state index in [0.717, 1.165) is 35.1 Å². The highest BCUT2D eigenvalue weighted by Gasteiger charge is 2.23. The highest BCUT2D eigenvalue weighted by molar-refractivity contribution is 7.98. The molecule has 2 aliphatic heterocycles. The van der Waals surface area contributed by atoms with E-state index >= 15 is 0 Å². The summed E-state index contributed by atoms with van der Waals surface area (Å²) >= 11 is 1.63. The number of benzene rings is 2. The first kappa shape index (κ1) is 28.1. The van der Waals surface area contributed by atoms with E-state index in [1.807, 2.05) is 61.0 Å². The Morgan fingerprint density at radius 1 is 0.875 bits per heavy atom. The maximum absolute atomic E-state index is 12.6. The van der Waals surface area contributed by atoms with Crippen LogP contribution in [0.5, 0.6) is 0 Å². The monoisotopic (exact) mass is 583 g/mol. The second-order valence-electron chi connectivity index (χ2n) is 9.54. The van der Waals surface area contributed by atoms with Crippen LogP contribution >= 0.6 is 11.8 Å². The number of carbonyl (C=O) groups excluding carboxylic acids is 1. The fraction of sp³-hybridized carbons (Fsp3) is 0.370. The van der Waals surface area contributed by atoms with Crippen LogP contribution in [-0.4, -0.2) is 93.7 Å². The predicted octanol–water partition coefficient (Wildman–Crippen LogP) is 3.43. The second-order valence-corrected chi connectivity index (χ2v) is 12.4. The van der Waals surface area contributed by atoms with E-state index < -0.39 is 10.0 Å². The first-order valence-electron chi connectivity index (χ1n) is 13.0. The van der Waals surface area contributed by atoms with Gasteiger partial charge in [0.2, 0.25) is 10.0 Å². The molecule has 2 aliphatic rings. The summed E-state index contributed by atoms with van der Waals surface area (Å²) in [6.45, 7) is 5.14. The lowest BCUT2D eigenvalue weighted by atomic mass is 10.2. The van der Waals surface area contributed by atoms with Crippen molar-refractivity contribution in [2.45, 2.75) is 4.90 Å². The van der Waals surface area contributed by atoms with Gasteiger partial charge in [-0.2, -0.15) is 4.31 Å². The third-order valence-electron chi connectivity index (χ3n) is 6.87. The fourth-order valence-electron chi connectivity index (χ4n) is 4.68. The van der Waals surface area contributed by atoms with Gasteiger partial charge in [0.25, 0.3) is 0 Å². The average Bonchev–Trinajstić information content (AvgIpc) is 2.98. The number of piperazine rings is 1. The van der Waals surface area contributed by atoms with Crippen molar-refractivity contribution in [3.8, 4) is 11.4 Å². The van der Waals surface area contributed by atoms with Gasteiger partial charge in [-0.25, -0.2) is 23.2 Å². The van der Waals surface area contributed by atoms with Gasteiger partial charge in [0.1, 0.15) is 5.82 Å². The van der Waals surface area contributed by atoms with Gasteiger partial charge in [0.15, 0.2) is 5.82 Å². The summed E-state index contributed by atoms with van der Waals surface area (Å²) in [7, 11) is -3.16. The van der Waals surface area contributed by atoms with E-state index in [9.17, 15) is 13.2 Å². The fourth-order valence-corrected chi connectivity index (χ4v) is 6.02.